The van der Waals surface area contributed by atoms with Gasteiger partial charge in [0.25, 0.3) is 0 Å². The molecule has 2 aromatic rings. The predicted molar refractivity (Wildman–Crippen MR) is 109 cm³/mol. The van der Waals surface area contributed by atoms with E-state index < -0.39 is 0 Å². The molecule has 0 aromatic heterocycles. The number of rotatable bonds is 6. The number of para-hydroxylation sites is 1. The number of carbonyl (C=O) groups is 1. The minimum atomic E-state index is 0.0775. The molecule has 6 nitrogen and oxygen atoms in total. The molecule has 2 heterocycles. The Kier molecular flexibility index (Phi) is 5.67. The Hall–Kier alpha value is -2.73. The number of hydrogen-bond acceptors (Lipinski definition) is 5. The van der Waals surface area contributed by atoms with Gasteiger partial charge >= 0.3 is 0 Å². The second kappa shape index (κ2) is 8.52. The van der Waals surface area contributed by atoms with E-state index >= 15 is 0 Å². The summed E-state index contributed by atoms with van der Waals surface area (Å²) in [6.07, 6.45) is 0.496. The SMILES string of the molecule is CCC(=O)NC[C@H](c1ccc2c(c1)OCO2)N1CCN(c2ccccc2)CC1. The van der Waals surface area contributed by atoms with Crippen molar-refractivity contribution in [1.29, 1.82) is 0 Å². The fraction of sp³-hybridized carbons (Fsp3) is 0.409. The van der Waals surface area contributed by atoms with Crippen LogP contribution in [0.5, 0.6) is 11.5 Å². The van der Waals surface area contributed by atoms with Crippen molar-refractivity contribution in [3.05, 3.63) is 54.1 Å². The highest BCUT2D eigenvalue weighted by molar-refractivity contribution is 5.75. The molecule has 1 fully saturated rings. The van der Waals surface area contributed by atoms with Crippen LogP contribution in [-0.2, 0) is 4.79 Å². The quantitative estimate of drug-likeness (QED) is 0.834. The van der Waals surface area contributed by atoms with E-state index in [1.165, 1.54) is 5.69 Å². The summed E-state index contributed by atoms with van der Waals surface area (Å²) in [7, 11) is 0. The normalized spacial score (nSPS) is 17.4. The predicted octanol–water partition coefficient (Wildman–Crippen LogP) is 2.80. The highest BCUT2D eigenvalue weighted by atomic mass is 16.7. The maximum absolute atomic E-state index is 11.9. The Balaban J connectivity index is 1.48. The van der Waals surface area contributed by atoms with Gasteiger partial charge in [0.1, 0.15) is 0 Å². The third-order valence-corrected chi connectivity index (χ3v) is 5.47. The molecule has 1 atom stereocenters. The van der Waals surface area contributed by atoms with Crippen molar-refractivity contribution in [1.82, 2.24) is 10.2 Å². The number of fused-ring (bicyclic) bond motifs is 1. The lowest BCUT2D eigenvalue weighted by molar-refractivity contribution is -0.121. The van der Waals surface area contributed by atoms with Gasteiger partial charge in [-0.2, -0.15) is 0 Å². The van der Waals surface area contributed by atoms with Crippen LogP contribution in [0.1, 0.15) is 24.9 Å². The van der Waals surface area contributed by atoms with E-state index in [0.717, 1.165) is 43.2 Å². The van der Waals surface area contributed by atoms with Crippen molar-refractivity contribution in [2.75, 3.05) is 44.4 Å². The Bertz CT molecular complexity index is 804. The zero-order valence-electron chi connectivity index (χ0n) is 16.3. The minimum absolute atomic E-state index is 0.0775. The van der Waals surface area contributed by atoms with E-state index in [1.807, 2.05) is 19.1 Å². The largest absolute Gasteiger partial charge is 0.454 e. The highest BCUT2D eigenvalue weighted by Crippen LogP contribution is 2.35. The topological polar surface area (TPSA) is 54.0 Å². The Morgan fingerprint density at radius 1 is 1.04 bits per heavy atom. The van der Waals surface area contributed by atoms with Crippen LogP contribution in [0.15, 0.2) is 48.5 Å². The molecule has 0 radical (unpaired) electrons. The molecule has 148 valence electrons. The van der Waals surface area contributed by atoms with E-state index in [4.69, 9.17) is 9.47 Å². The molecule has 2 aliphatic heterocycles. The summed E-state index contributed by atoms with van der Waals surface area (Å²) in [5.41, 5.74) is 2.41. The fourth-order valence-electron chi connectivity index (χ4n) is 3.84. The summed E-state index contributed by atoms with van der Waals surface area (Å²) in [4.78, 5) is 16.7. The van der Waals surface area contributed by atoms with Gasteiger partial charge in [0.15, 0.2) is 11.5 Å². The maximum atomic E-state index is 11.9. The van der Waals surface area contributed by atoms with Gasteiger partial charge in [0.2, 0.25) is 12.7 Å². The first-order valence-corrected chi connectivity index (χ1v) is 9.95. The molecule has 2 aliphatic rings. The molecule has 1 N–H and O–H groups in total. The van der Waals surface area contributed by atoms with Crippen LogP contribution in [-0.4, -0.2) is 50.3 Å². The molecule has 1 amide bonds. The first-order valence-electron chi connectivity index (χ1n) is 9.95. The monoisotopic (exact) mass is 381 g/mol. The van der Waals surface area contributed by atoms with Crippen molar-refractivity contribution in [3.8, 4) is 11.5 Å². The molecule has 0 spiro atoms. The number of nitrogens with one attached hydrogen (secondary N) is 1. The standard InChI is InChI=1S/C22H27N3O3/c1-2-22(26)23-15-19(17-8-9-20-21(14-17)28-16-27-20)25-12-10-24(11-13-25)18-6-4-3-5-7-18/h3-9,14,19H,2,10-13,15-16H2,1H3,(H,23,26)/t19-/m1/s1. The lowest BCUT2D eigenvalue weighted by Gasteiger charge is -2.40. The van der Waals surface area contributed by atoms with Gasteiger partial charge in [-0.15, -0.1) is 0 Å². The zero-order chi connectivity index (χ0) is 19.3. The number of ether oxygens (including phenoxy) is 2. The average Bonchev–Trinajstić information content (AvgIpc) is 3.23. The molecule has 0 bridgehead atoms. The number of benzene rings is 2. The molecule has 4 rings (SSSR count). The summed E-state index contributed by atoms with van der Waals surface area (Å²) >= 11 is 0. The number of nitrogens with zero attached hydrogens (tertiary/aromatic N) is 2. The summed E-state index contributed by atoms with van der Waals surface area (Å²) in [5, 5.41) is 3.07. The van der Waals surface area contributed by atoms with Gasteiger partial charge in [-0.3, -0.25) is 9.69 Å². The smallest absolute Gasteiger partial charge is 0.231 e. The molecular weight excluding hydrogens is 354 g/mol. The first kappa shape index (κ1) is 18.6. The molecule has 28 heavy (non-hydrogen) atoms. The molecule has 1 saturated heterocycles. The summed E-state index contributed by atoms with van der Waals surface area (Å²) in [5.74, 6) is 1.65. The van der Waals surface area contributed by atoms with Crippen LogP contribution < -0.4 is 19.7 Å². The van der Waals surface area contributed by atoms with Gasteiger partial charge in [-0.1, -0.05) is 31.2 Å². The number of anilines is 1. The Morgan fingerprint density at radius 3 is 2.54 bits per heavy atom. The van der Waals surface area contributed by atoms with E-state index in [1.54, 1.807) is 0 Å². The van der Waals surface area contributed by atoms with Crippen molar-refractivity contribution < 1.29 is 14.3 Å². The van der Waals surface area contributed by atoms with E-state index in [2.05, 4.69) is 51.5 Å². The van der Waals surface area contributed by atoms with Crippen molar-refractivity contribution in [2.45, 2.75) is 19.4 Å². The highest BCUT2D eigenvalue weighted by Gasteiger charge is 2.27. The van der Waals surface area contributed by atoms with Crippen molar-refractivity contribution in [3.63, 3.8) is 0 Å². The van der Waals surface area contributed by atoms with E-state index in [-0.39, 0.29) is 18.7 Å². The van der Waals surface area contributed by atoms with Crippen molar-refractivity contribution in [2.24, 2.45) is 0 Å². The fourth-order valence-corrected chi connectivity index (χ4v) is 3.84. The van der Waals surface area contributed by atoms with Gasteiger partial charge in [-0.25, -0.2) is 0 Å². The summed E-state index contributed by atoms with van der Waals surface area (Å²) in [6.45, 7) is 6.55. The van der Waals surface area contributed by atoms with Crippen LogP contribution in [0.25, 0.3) is 0 Å². The zero-order valence-corrected chi connectivity index (χ0v) is 16.3. The van der Waals surface area contributed by atoms with Gasteiger partial charge in [0.05, 0.1) is 6.04 Å². The third kappa shape index (κ3) is 4.07. The van der Waals surface area contributed by atoms with Crippen molar-refractivity contribution >= 4 is 11.6 Å². The number of amides is 1. The van der Waals surface area contributed by atoms with Gasteiger partial charge in [0, 0.05) is 44.8 Å². The van der Waals surface area contributed by atoms with Crippen LogP contribution in [0, 0.1) is 0 Å². The van der Waals surface area contributed by atoms with Gasteiger partial charge < -0.3 is 19.7 Å². The number of carbonyl (C=O) groups excluding carboxylic acids is 1. The molecule has 6 heteroatoms. The summed E-state index contributed by atoms with van der Waals surface area (Å²) < 4.78 is 11.0. The van der Waals surface area contributed by atoms with Gasteiger partial charge in [-0.05, 0) is 29.8 Å². The molecular formula is C22H27N3O3. The summed E-state index contributed by atoms with van der Waals surface area (Å²) in [6, 6.07) is 16.7. The van der Waals surface area contributed by atoms with E-state index in [9.17, 15) is 4.79 Å². The van der Waals surface area contributed by atoms with Crippen LogP contribution in [0.4, 0.5) is 5.69 Å². The molecule has 0 aliphatic carbocycles. The maximum Gasteiger partial charge on any atom is 0.231 e. The lowest BCUT2D eigenvalue weighted by Crippen LogP contribution is -2.49. The van der Waals surface area contributed by atoms with Crippen LogP contribution >= 0.6 is 0 Å². The second-order valence-electron chi connectivity index (χ2n) is 7.14. The molecule has 0 saturated carbocycles. The number of hydrogen-bond donors (Lipinski definition) is 1. The third-order valence-electron chi connectivity index (χ3n) is 5.47. The molecule has 0 unspecified atom stereocenters. The first-order chi connectivity index (χ1) is 13.7. The van der Waals surface area contributed by atoms with Crippen LogP contribution in [0.3, 0.4) is 0 Å². The average molecular weight is 381 g/mol. The second-order valence-corrected chi connectivity index (χ2v) is 7.14. The number of piperazine rings is 1. The van der Waals surface area contributed by atoms with E-state index in [0.29, 0.717) is 13.0 Å². The Labute approximate surface area is 166 Å². The molecule has 2 aromatic carbocycles. The Morgan fingerprint density at radius 2 is 1.79 bits per heavy atom. The lowest BCUT2D eigenvalue weighted by atomic mass is 10.0. The van der Waals surface area contributed by atoms with Crippen LogP contribution in [0.2, 0.25) is 0 Å². The minimum Gasteiger partial charge on any atom is -0.454 e.